The van der Waals surface area contributed by atoms with Crippen molar-refractivity contribution in [2.45, 2.75) is 43.2 Å². The van der Waals surface area contributed by atoms with E-state index in [-0.39, 0.29) is 5.56 Å². The fourth-order valence-electron chi connectivity index (χ4n) is 3.52. The van der Waals surface area contributed by atoms with E-state index in [2.05, 4.69) is 25.1 Å². The number of hydrogen-bond acceptors (Lipinski definition) is 3. The lowest BCUT2D eigenvalue weighted by Gasteiger charge is -2.16. The summed E-state index contributed by atoms with van der Waals surface area (Å²) >= 11 is 1.52. The molecule has 2 aromatic rings. The van der Waals surface area contributed by atoms with Gasteiger partial charge >= 0.3 is 5.97 Å². The third-order valence-corrected chi connectivity index (χ3v) is 5.94. The largest absolute Gasteiger partial charge is 0.480 e. The van der Waals surface area contributed by atoms with Crippen LogP contribution in [0.15, 0.2) is 40.2 Å². The van der Waals surface area contributed by atoms with Gasteiger partial charge in [0.15, 0.2) is 0 Å². The molecule has 24 heavy (non-hydrogen) atoms. The van der Waals surface area contributed by atoms with Crippen molar-refractivity contribution in [2.75, 3.05) is 5.75 Å². The standard InChI is InChI=1S/C19H19NO3S/c1-11-3-2-4-12(7-11)8-14-9-16(21)20-15(19(22)23)10-24-18(20)17(14)13-5-6-13/h2-4,7,9,13,15H,5-6,8,10H2,1H3,(H,22,23)/t15-/m0/s1. The molecule has 0 bridgehead atoms. The Morgan fingerprint density at radius 3 is 2.79 bits per heavy atom. The normalized spacial score (nSPS) is 19.3. The predicted octanol–water partition coefficient (Wildman–Crippen LogP) is 3.36. The molecule has 1 saturated carbocycles. The fourth-order valence-corrected chi connectivity index (χ4v) is 4.93. The summed E-state index contributed by atoms with van der Waals surface area (Å²) in [6, 6.07) is 9.27. The zero-order chi connectivity index (χ0) is 16.8. The second-order valence-electron chi connectivity index (χ2n) is 6.70. The van der Waals surface area contributed by atoms with E-state index < -0.39 is 12.0 Å². The smallest absolute Gasteiger partial charge is 0.327 e. The Kier molecular flexibility index (Phi) is 3.76. The highest BCUT2D eigenvalue weighted by atomic mass is 32.2. The third-order valence-electron chi connectivity index (χ3n) is 4.77. The minimum Gasteiger partial charge on any atom is -0.480 e. The molecule has 5 heteroatoms. The third kappa shape index (κ3) is 2.67. The Hall–Kier alpha value is -2.01. The predicted molar refractivity (Wildman–Crippen MR) is 94.1 cm³/mol. The first-order valence-corrected chi connectivity index (χ1v) is 9.22. The first kappa shape index (κ1) is 15.5. The van der Waals surface area contributed by atoms with Crippen LogP contribution in [-0.4, -0.2) is 21.4 Å². The summed E-state index contributed by atoms with van der Waals surface area (Å²) in [5.41, 5.74) is 4.50. The molecule has 0 spiro atoms. The highest BCUT2D eigenvalue weighted by molar-refractivity contribution is 7.99. The monoisotopic (exact) mass is 341 g/mol. The molecule has 0 unspecified atom stereocenters. The number of aromatic nitrogens is 1. The number of aliphatic carboxylic acids is 1. The molecule has 0 amide bonds. The van der Waals surface area contributed by atoms with E-state index in [9.17, 15) is 14.7 Å². The molecular weight excluding hydrogens is 322 g/mol. The van der Waals surface area contributed by atoms with Gasteiger partial charge in [-0.15, -0.1) is 11.8 Å². The molecular formula is C19H19NO3S. The quantitative estimate of drug-likeness (QED) is 0.926. The van der Waals surface area contributed by atoms with Crippen LogP contribution in [0.1, 0.15) is 47.1 Å². The molecule has 1 aliphatic carbocycles. The van der Waals surface area contributed by atoms with Crippen LogP contribution < -0.4 is 5.56 Å². The SMILES string of the molecule is Cc1cccc(Cc2cc(=O)n3c(c2C2CC2)SC[C@H]3C(=O)O)c1. The number of carboxylic acids is 1. The lowest BCUT2D eigenvalue weighted by Crippen LogP contribution is -2.29. The van der Waals surface area contributed by atoms with Crippen LogP contribution in [0.5, 0.6) is 0 Å². The zero-order valence-electron chi connectivity index (χ0n) is 13.5. The highest BCUT2D eigenvalue weighted by Gasteiger charge is 2.37. The molecule has 1 aliphatic heterocycles. The molecule has 4 nitrogen and oxygen atoms in total. The van der Waals surface area contributed by atoms with Crippen molar-refractivity contribution in [3.8, 4) is 0 Å². The summed E-state index contributed by atoms with van der Waals surface area (Å²) in [4.78, 5) is 24.0. The summed E-state index contributed by atoms with van der Waals surface area (Å²) in [6.45, 7) is 2.07. The van der Waals surface area contributed by atoms with Gasteiger partial charge in [0.25, 0.3) is 5.56 Å². The van der Waals surface area contributed by atoms with Crippen LogP contribution in [0, 0.1) is 6.92 Å². The molecule has 1 fully saturated rings. The van der Waals surface area contributed by atoms with Crippen LogP contribution in [0.25, 0.3) is 0 Å². The molecule has 0 radical (unpaired) electrons. The number of aryl methyl sites for hydroxylation is 1. The Labute approximate surface area is 144 Å². The van der Waals surface area contributed by atoms with E-state index in [1.807, 2.05) is 6.07 Å². The van der Waals surface area contributed by atoms with Gasteiger partial charge < -0.3 is 5.11 Å². The lowest BCUT2D eigenvalue weighted by molar-refractivity contribution is -0.140. The first-order valence-electron chi connectivity index (χ1n) is 8.24. The summed E-state index contributed by atoms with van der Waals surface area (Å²) in [7, 11) is 0. The van der Waals surface area contributed by atoms with E-state index in [1.54, 1.807) is 6.07 Å². The van der Waals surface area contributed by atoms with Crippen molar-refractivity contribution in [2.24, 2.45) is 0 Å². The molecule has 124 valence electrons. The van der Waals surface area contributed by atoms with Gasteiger partial charge in [0.1, 0.15) is 6.04 Å². The minimum atomic E-state index is -0.920. The molecule has 4 rings (SSSR count). The summed E-state index contributed by atoms with van der Waals surface area (Å²) in [6.07, 6.45) is 2.99. The summed E-state index contributed by atoms with van der Waals surface area (Å²) in [5.74, 6) is 0.00120. The van der Waals surface area contributed by atoms with Crippen molar-refractivity contribution < 1.29 is 9.90 Å². The van der Waals surface area contributed by atoms with Crippen molar-refractivity contribution in [3.05, 3.63) is 62.9 Å². The van der Waals surface area contributed by atoms with E-state index in [0.717, 1.165) is 29.9 Å². The topological polar surface area (TPSA) is 59.3 Å². The maximum absolute atomic E-state index is 12.6. The average molecular weight is 341 g/mol. The number of fused-ring (bicyclic) bond motifs is 1. The van der Waals surface area contributed by atoms with Gasteiger partial charge in [0, 0.05) is 11.8 Å². The Morgan fingerprint density at radius 1 is 1.33 bits per heavy atom. The van der Waals surface area contributed by atoms with Gasteiger partial charge in [-0.3, -0.25) is 9.36 Å². The lowest BCUT2D eigenvalue weighted by atomic mass is 9.97. The van der Waals surface area contributed by atoms with Crippen molar-refractivity contribution >= 4 is 17.7 Å². The van der Waals surface area contributed by atoms with Crippen molar-refractivity contribution in [1.82, 2.24) is 4.57 Å². The summed E-state index contributed by atoms with van der Waals surface area (Å²) < 4.78 is 1.50. The molecule has 1 aromatic carbocycles. The van der Waals surface area contributed by atoms with Gasteiger partial charge in [-0.1, -0.05) is 29.8 Å². The van der Waals surface area contributed by atoms with Crippen LogP contribution in [0.2, 0.25) is 0 Å². The van der Waals surface area contributed by atoms with Crippen LogP contribution in [-0.2, 0) is 11.2 Å². The number of carboxylic acid groups (broad SMARTS) is 1. The van der Waals surface area contributed by atoms with Gasteiger partial charge in [0.05, 0.1) is 5.03 Å². The zero-order valence-corrected chi connectivity index (χ0v) is 14.3. The maximum Gasteiger partial charge on any atom is 0.327 e. The second kappa shape index (κ2) is 5.81. The molecule has 2 aliphatic rings. The van der Waals surface area contributed by atoms with E-state index in [0.29, 0.717) is 11.7 Å². The average Bonchev–Trinajstić information content (AvgIpc) is 3.24. The second-order valence-corrected chi connectivity index (χ2v) is 7.71. The van der Waals surface area contributed by atoms with Crippen LogP contribution in [0.3, 0.4) is 0 Å². The Balaban J connectivity index is 1.82. The van der Waals surface area contributed by atoms with Gasteiger partial charge in [0.2, 0.25) is 0 Å². The van der Waals surface area contributed by atoms with E-state index >= 15 is 0 Å². The van der Waals surface area contributed by atoms with Crippen molar-refractivity contribution in [1.29, 1.82) is 0 Å². The number of carbonyl (C=O) groups is 1. The van der Waals surface area contributed by atoms with Gasteiger partial charge in [-0.05, 0) is 48.8 Å². The molecule has 1 atom stereocenters. The van der Waals surface area contributed by atoms with Crippen LogP contribution in [0.4, 0.5) is 0 Å². The first-order chi connectivity index (χ1) is 11.5. The minimum absolute atomic E-state index is 0.186. The van der Waals surface area contributed by atoms with Crippen molar-refractivity contribution in [3.63, 3.8) is 0 Å². The van der Waals surface area contributed by atoms with E-state index in [4.69, 9.17) is 0 Å². The van der Waals surface area contributed by atoms with E-state index in [1.165, 1.54) is 33.0 Å². The molecule has 0 saturated heterocycles. The number of benzene rings is 1. The Bertz CT molecular complexity index is 883. The summed E-state index contributed by atoms with van der Waals surface area (Å²) in [5, 5.41) is 10.3. The number of hydrogen-bond donors (Lipinski definition) is 1. The number of nitrogens with zero attached hydrogens (tertiary/aromatic N) is 1. The molecule has 1 aromatic heterocycles. The fraction of sp³-hybridized carbons (Fsp3) is 0.368. The highest BCUT2D eigenvalue weighted by Crippen LogP contribution is 2.48. The number of pyridine rings is 1. The molecule has 2 heterocycles. The van der Waals surface area contributed by atoms with Gasteiger partial charge in [-0.25, -0.2) is 4.79 Å². The molecule has 1 N–H and O–H groups in total. The Morgan fingerprint density at radius 2 is 2.12 bits per heavy atom. The number of thioether (sulfide) groups is 1. The maximum atomic E-state index is 12.6. The number of rotatable bonds is 4. The van der Waals surface area contributed by atoms with Crippen LogP contribution >= 0.6 is 11.8 Å². The van der Waals surface area contributed by atoms with Gasteiger partial charge in [-0.2, -0.15) is 0 Å².